The number of hydrogen-bond donors (Lipinski definition) is 2. The Labute approximate surface area is 197 Å². The van der Waals surface area contributed by atoms with E-state index >= 15 is 0 Å². The summed E-state index contributed by atoms with van der Waals surface area (Å²) in [4.78, 5) is 24.0. The summed E-state index contributed by atoms with van der Waals surface area (Å²) in [5, 5.41) is 13.9. The molecular formula is C25H28N4O5. The first kappa shape index (κ1) is 22.4. The standard InChI is InChI=1S/C25H28N4O5/c1-32-22-5-3-18-23(28-22)19(6-10-26-18)27-24(30)25(31)8-12-29(13-9-25)11-7-17-2-4-20-21(16-17)34-15-14-33-20/h2-6,10,16,31H,7-9,11-15H2,1H3,(H,26,27,30). The van der Waals surface area contributed by atoms with Crippen LogP contribution in [0.1, 0.15) is 18.4 Å². The number of hydrogen-bond acceptors (Lipinski definition) is 8. The molecule has 2 aliphatic heterocycles. The monoisotopic (exact) mass is 464 g/mol. The lowest BCUT2D eigenvalue weighted by molar-refractivity contribution is -0.138. The van der Waals surface area contributed by atoms with Crippen LogP contribution in [0.25, 0.3) is 11.0 Å². The van der Waals surface area contributed by atoms with Crippen molar-refractivity contribution in [2.75, 3.05) is 45.3 Å². The highest BCUT2D eigenvalue weighted by Gasteiger charge is 2.39. The Morgan fingerprint density at radius 2 is 1.94 bits per heavy atom. The van der Waals surface area contributed by atoms with Crippen molar-refractivity contribution in [1.82, 2.24) is 14.9 Å². The second kappa shape index (κ2) is 9.44. The molecule has 1 amide bonds. The van der Waals surface area contributed by atoms with E-state index in [9.17, 15) is 9.90 Å². The number of nitrogens with zero attached hydrogens (tertiary/aromatic N) is 3. The zero-order valence-electron chi connectivity index (χ0n) is 19.1. The number of aromatic nitrogens is 2. The van der Waals surface area contributed by atoms with Crippen LogP contribution in [0.2, 0.25) is 0 Å². The number of fused-ring (bicyclic) bond motifs is 2. The summed E-state index contributed by atoms with van der Waals surface area (Å²) < 4.78 is 16.4. The fraction of sp³-hybridized carbons (Fsp3) is 0.400. The van der Waals surface area contributed by atoms with Gasteiger partial charge in [-0.3, -0.25) is 9.78 Å². The van der Waals surface area contributed by atoms with E-state index in [1.165, 1.54) is 12.7 Å². The third-order valence-corrected chi connectivity index (χ3v) is 6.44. The van der Waals surface area contributed by atoms with Crippen molar-refractivity contribution in [3.05, 3.63) is 48.2 Å². The molecule has 9 nitrogen and oxygen atoms in total. The molecule has 1 aromatic carbocycles. The van der Waals surface area contributed by atoms with Gasteiger partial charge in [-0.2, -0.15) is 0 Å². The minimum absolute atomic E-state index is 0.361. The van der Waals surface area contributed by atoms with Crippen LogP contribution in [0, 0.1) is 0 Å². The Morgan fingerprint density at radius 1 is 1.15 bits per heavy atom. The Morgan fingerprint density at radius 3 is 2.74 bits per heavy atom. The van der Waals surface area contributed by atoms with Crippen molar-refractivity contribution >= 4 is 22.6 Å². The Balaban J connectivity index is 1.18. The summed E-state index contributed by atoms with van der Waals surface area (Å²) in [6, 6.07) is 11.2. The molecule has 1 saturated heterocycles. The van der Waals surface area contributed by atoms with Gasteiger partial charge in [0.1, 0.15) is 24.3 Å². The lowest BCUT2D eigenvalue weighted by Crippen LogP contribution is -2.51. The van der Waals surface area contributed by atoms with Gasteiger partial charge in [0.2, 0.25) is 5.88 Å². The first-order valence-electron chi connectivity index (χ1n) is 11.5. The molecule has 0 bridgehead atoms. The average molecular weight is 465 g/mol. The van der Waals surface area contributed by atoms with E-state index in [4.69, 9.17) is 14.2 Å². The number of anilines is 1. The predicted octanol–water partition coefficient (Wildman–Crippen LogP) is 2.42. The quantitative estimate of drug-likeness (QED) is 0.573. The number of likely N-dealkylation sites (tertiary alicyclic amines) is 1. The molecule has 0 aliphatic carbocycles. The van der Waals surface area contributed by atoms with Crippen molar-refractivity contribution in [2.24, 2.45) is 0 Å². The highest BCUT2D eigenvalue weighted by molar-refractivity contribution is 6.02. The molecule has 0 unspecified atom stereocenters. The molecule has 1 fully saturated rings. The van der Waals surface area contributed by atoms with E-state index in [0.717, 1.165) is 24.5 Å². The number of amides is 1. The number of ether oxygens (including phenoxy) is 3. The minimum atomic E-state index is -1.43. The molecule has 4 heterocycles. The Hall–Kier alpha value is -3.43. The van der Waals surface area contributed by atoms with E-state index in [0.29, 0.717) is 61.7 Å². The van der Waals surface area contributed by atoms with Gasteiger partial charge in [0, 0.05) is 31.9 Å². The molecule has 2 aromatic heterocycles. The molecule has 34 heavy (non-hydrogen) atoms. The Kier molecular flexibility index (Phi) is 6.21. The van der Waals surface area contributed by atoms with Gasteiger partial charge in [0.05, 0.1) is 18.3 Å². The van der Waals surface area contributed by atoms with Crippen LogP contribution in [-0.2, 0) is 11.2 Å². The maximum Gasteiger partial charge on any atom is 0.256 e. The molecular weight excluding hydrogens is 436 g/mol. The first-order valence-corrected chi connectivity index (χ1v) is 11.5. The molecule has 0 atom stereocenters. The second-order valence-corrected chi connectivity index (χ2v) is 8.64. The normalized spacial score (nSPS) is 17.4. The van der Waals surface area contributed by atoms with Gasteiger partial charge in [-0.25, -0.2) is 4.98 Å². The lowest BCUT2D eigenvalue weighted by atomic mass is 9.90. The van der Waals surface area contributed by atoms with Crippen LogP contribution in [0.4, 0.5) is 5.69 Å². The van der Waals surface area contributed by atoms with Gasteiger partial charge >= 0.3 is 0 Å². The highest BCUT2D eigenvalue weighted by Crippen LogP contribution is 2.31. The van der Waals surface area contributed by atoms with Gasteiger partial charge in [0.25, 0.3) is 5.91 Å². The summed E-state index contributed by atoms with van der Waals surface area (Å²) in [5.41, 5.74) is 1.41. The molecule has 5 rings (SSSR count). The van der Waals surface area contributed by atoms with Crippen LogP contribution >= 0.6 is 0 Å². The van der Waals surface area contributed by atoms with Crippen LogP contribution in [0.15, 0.2) is 42.6 Å². The summed E-state index contributed by atoms with van der Waals surface area (Å²) in [7, 11) is 1.53. The van der Waals surface area contributed by atoms with Crippen LogP contribution in [0.5, 0.6) is 17.4 Å². The Bertz CT molecular complexity index is 1190. The number of aliphatic hydroxyl groups is 1. The predicted molar refractivity (Wildman–Crippen MR) is 126 cm³/mol. The maximum absolute atomic E-state index is 13.0. The summed E-state index contributed by atoms with van der Waals surface area (Å²) in [6.45, 7) is 3.27. The first-order chi connectivity index (χ1) is 16.5. The number of nitrogens with one attached hydrogen (secondary N) is 1. The molecule has 9 heteroatoms. The van der Waals surface area contributed by atoms with Gasteiger partial charge in [-0.05, 0) is 49.1 Å². The largest absolute Gasteiger partial charge is 0.486 e. The zero-order valence-corrected chi connectivity index (χ0v) is 19.1. The summed E-state index contributed by atoms with van der Waals surface area (Å²) in [6.07, 6.45) is 3.19. The number of piperidine rings is 1. The minimum Gasteiger partial charge on any atom is -0.486 e. The number of carbonyl (C=O) groups is 1. The van der Waals surface area contributed by atoms with E-state index < -0.39 is 11.5 Å². The van der Waals surface area contributed by atoms with E-state index in [1.807, 2.05) is 12.1 Å². The molecule has 0 saturated carbocycles. The second-order valence-electron chi connectivity index (χ2n) is 8.64. The van der Waals surface area contributed by atoms with Gasteiger partial charge in [-0.1, -0.05) is 6.07 Å². The number of pyridine rings is 2. The molecule has 0 radical (unpaired) electrons. The van der Waals surface area contributed by atoms with Crippen LogP contribution in [0.3, 0.4) is 0 Å². The number of carbonyl (C=O) groups excluding carboxylic acids is 1. The highest BCUT2D eigenvalue weighted by atomic mass is 16.6. The molecule has 2 N–H and O–H groups in total. The summed E-state index contributed by atoms with van der Waals surface area (Å²) in [5.74, 6) is 1.60. The molecule has 3 aromatic rings. The van der Waals surface area contributed by atoms with Crippen molar-refractivity contribution < 1.29 is 24.1 Å². The SMILES string of the molecule is COc1ccc2nccc(NC(=O)C3(O)CCN(CCc4ccc5c(c4)OCCO5)CC3)c2n1. The number of rotatable bonds is 6. The average Bonchev–Trinajstić information content (AvgIpc) is 2.88. The number of benzene rings is 1. The van der Waals surface area contributed by atoms with E-state index in [-0.39, 0.29) is 0 Å². The third-order valence-electron chi connectivity index (χ3n) is 6.44. The zero-order chi connectivity index (χ0) is 23.5. The molecule has 178 valence electrons. The smallest absolute Gasteiger partial charge is 0.256 e. The van der Waals surface area contributed by atoms with E-state index in [1.54, 1.807) is 24.4 Å². The third kappa shape index (κ3) is 4.62. The maximum atomic E-state index is 13.0. The van der Waals surface area contributed by atoms with Crippen molar-refractivity contribution in [2.45, 2.75) is 24.9 Å². The van der Waals surface area contributed by atoms with Crippen LogP contribution < -0.4 is 19.5 Å². The molecule has 0 spiro atoms. The fourth-order valence-electron chi connectivity index (χ4n) is 4.36. The van der Waals surface area contributed by atoms with Gasteiger partial charge < -0.3 is 29.5 Å². The number of methoxy groups -OCH3 is 1. The van der Waals surface area contributed by atoms with E-state index in [2.05, 4.69) is 26.3 Å². The van der Waals surface area contributed by atoms with Gasteiger partial charge in [0.15, 0.2) is 11.5 Å². The van der Waals surface area contributed by atoms with Crippen molar-refractivity contribution in [3.8, 4) is 17.4 Å². The topological polar surface area (TPSA) is 106 Å². The lowest BCUT2D eigenvalue weighted by Gasteiger charge is -2.37. The van der Waals surface area contributed by atoms with Crippen molar-refractivity contribution in [1.29, 1.82) is 0 Å². The van der Waals surface area contributed by atoms with Crippen LogP contribution in [-0.4, -0.2) is 71.4 Å². The summed E-state index contributed by atoms with van der Waals surface area (Å²) >= 11 is 0. The fourth-order valence-corrected chi connectivity index (χ4v) is 4.36. The van der Waals surface area contributed by atoms with Gasteiger partial charge in [-0.15, -0.1) is 0 Å². The van der Waals surface area contributed by atoms with Crippen molar-refractivity contribution in [3.63, 3.8) is 0 Å². The molecule has 2 aliphatic rings.